The Kier molecular flexibility index (Phi) is 2.77. The van der Waals surface area contributed by atoms with E-state index >= 15 is 0 Å². The van der Waals surface area contributed by atoms with Crippen LogP contribution in [-0.4, -0.2) is 26.2 Å². The zero-order valence-corrected chi connectivity index (χ0v) is 9.79. The Morgan fingerprint density at radius 3 is 2.89 bits per heavy atom. The molecule has 0 aliphatic rings. The van der Waals surface area contributed by atoms with Gasteiger partial charge in [-0.2, -0.15) is 10.1 Å². The second kappa shape index (κ2) is 4.73. The molecule has 7 heteroatoms. The number of nitrogens with one attached hydrogen (secondary N) is 3. The zero-order valence-electron chi connectivity index (χ0n) is 9.79. The molecule has 0 aliphatic carbocycles. The predicted molar refractivity (Wildman–Crippen MR) is 72.2 cm³/mol. The first-order valence-electron chi connectivity index (χ1n) is 5.60. The van der Waals surface area contributed by atoms with Gasteiger partial charge in [0.15, 0.2) is 11.2 Å². The highest BCUT2D eigenvalue weighted by atomic mass is 16.1. The Bertz CT molecular complexity index is 774. The number of nitrogens with zero attached hydrogens (tertiary/aromatic N) is 3. The summed E-state index contributed by atoms with van der Waals surface area (Å²) in [6.07, 6.45) is 2.97. The number of H-pyrrole nitrogens is 2. The molecule has 3 N–H and O–H groups in total. The molecule has 7 nitrogen and oxygen atoms in total. The lowest BCUT2D eigenvalue weighted by Gasteiger charge is -1.93. The SMILES string of the molecule is O=c1[nH]cnc2nc(N/N=C/c3ccccc3)[nH]c12. The molecule has 0 bridgehead atoms. The zero-order chi connectivity index (χ0) is 13.1. The van der Waals surface area contributed by atoms with Gasteiger partial charge in [-0.3, -0.25) is 4.79 Å². The van der Waals surface area contributed by atoms with Crippen molar-refractivity contribution in [3.8, 4) is 0 Å². The molecule has 0 saturated heterocycles. The van der Waals surface area contributed by atoms with Crippen LogP contribution in [0.4, 0.5) is 5.95 Å². The fourth-order valence-corrected chi connectivity index (χ4v) is 1.60. The van der Waals surface area contributed by atoms with Crippen molar-refractivity contribution in [3.63, 3.8) is 0 Å². The van der Waals surface area contributed by atoms with Gasteiger partial charge >= 0.3 is 0 Å². The lowest BCUT2D eigenvalue weighted by molar-refractivity contribution is 1.15. The molecule has 3 rings (SSSR count). The van der Waals surface area contributed by atoms with E-state index in [9.17, 15) is 4.79 Å². The summed E-state index contributed by atoms with van der Waals surface area (Å²) in [4.78, 5) is 24.8. The van der Waals surface area contributed by atoms with Crippen LogP contribution in [0.25, 0.3) is 11.2 Å². The summed E-state index contributed by atoms with van der Waals surface area (Å²) in [5, 5.41) is 4.03. The number of fused-ring (bicyclic) bond motifs is 1. The molecule has 0 saturated carbocycles. The third kappa shape index (κ3) is 2.34. The van der Waals surface area contributed by atoms with E-state index < -0.39 is 0 Å². The van der Waals surface area contributed by atoms with Gasteiger partial charge in [0.25, 0.3) is 5.56 Å². The lowest BCUT2D eigenvalue weighted by Crippen LogP contribution is -2.05. The van der Waals surface area contributed by atoms with E-state index in [-0.39, 0.29) is 5.56 Å². The summed E-state index contributed by atoms with van der Waals surface area (Å²) in [7, 11) is 0. The molecule has 1 aromatic carbocycles. The van der Waals surface area contributed by atoms with Crippen LogP contribution in [0.3, 0.4) is 0 Å². The molecule has 2 aromatic heterocycles. The van der Waals surface area contributed by atoms with Crippen LogP contribution >= 0.6 is 0 Å². The number of benzene rings is 1. The minimum absolute atomic E-state index is 0.266. The van der Waals surface area contributed by atoms with E-state index in [1.54, 1.807) is 6.21 Å². The first-order chi connectivity index (χ1) is 9.33. The standard InChI is InChI=1S/C12H10N6O/c19-11-9-10(13-7-14-11)17-12(16-9)18-15-6-8-4-2-1-3-5-8/h1-7H,(H3,13,14,16,17,18,19)/b15-6+. The Labute approximate surface area is 107 Å². The van der Waals surface area contributed by atoms with Crippen molar-refractivity contribution in [1.82, 2.24) is 19.9 Å². The number of aromatic nitrogens is 4. The topological polar surface area (TPSA) is 98.8 Å². The Hall–Kier alpha value is -2.96. The van der Waals surface area contributed by atoms with Crippen molar-refractivity contribution in [2.24, 2.45) is 5.10 Å². The summed E-state index contributed by atoms with van der Waals surface area (Å²) in [6.45, 7) is 0. The highest BCUT2D eigenvalue weighted by Crippen LogP contribution is 2.06. The summed E-state index contributed by atoms with van der Waals surface area (Å²) in [5.74, 6) is 0.367. The number of aromatic amines is 2. The van der Waals surface area contributed by atoms with Gasteiger partial charge in [-0.05, 0) is 5.56 Å². The van der Waals surface area contributed by atoms with Crippen molar-refractivity contribution < 1.29 is 0 Å². The quantitative estimate of drug-likeness (QED) is 0.481. The van der Waals surface area contributed by atoms with Crippen LogP contribution < -0.4 is 11.0 Å². The Morgan fingerprint density at radius 2 is 2.11 bits per heavy atom. The Morgan fingerprint density at radius 1 is 1.26 bits per heavy atom. The predicted octanol–water partition coefficient (Wildman–Crippen LogP) is 1.09. The third-order valence-electron chi connectivity index (χ3n) is 2.48. The van der Waals surface area contributed by atoms with E-state index in [2.05, 4.69) is 30.5 Å². The number of hydrogen-bond acceptors (Lipinski definition) is 5. The highest BCUT2D eigenvalue weighted by molar-refractivity contribution is 5.80. The van der Waals surface area contributed by atoms with Gasteiger partial charge in [-0.1, -0.05) is 30.3 Å². The molecule has 0 amide bonds. The summed E-state index contributed by atoms with van der Waals surface area (Å²) >= 11 is 0. The molecule has 3 aromatic rings. The molecule has 0 aliphatic heterocycles. The molecule has 94 valence electrons. The second-order valence-electron chi connectivity index (χ2n) is 3.80. The van der Waals surface area contributed by atoms with Gasteiger partial charge in [0, 0.05) is 0 Å². The third-order valence-corrected chi connectivity index (χ3v) is 2.48. The van der Waals surface area contributed by atoms with Crippen molar-refractivity contribution in [1.29, 1.82) is 0 Å². The van der Waals surface area contributed by atoms with Crippen molar-refractivity contribution in [2.45, 2.75) is 0 Å². The largest absolute Gasteiger partial charge is 0.317 e. The minimum atomic E-state index is -0.266. The number of imidazole rings is 1. The maximum absolute atomic E-state index is 11.5. The first kappa shape index (κ1) is 11.1. The van der Waals surface area contributed by atoms with Crippen LogP contribution in [0.5, 0.6) is 0 Å². The fourth-order valence-electron chi connectivity index (χ4n) is 1.60. The van der Waals surface area contributed by atoms with Gasteiger partial charge in [0.1, 0.15) is 0 Å². The van der Waals surface area contributed by atoms with Crippen molar-refractivity contribution in [3.05, 3.63) is 52.6 Å². The van der Waals surface area contributed by atoms with Crippen LogP contribution in [0.1, 0.15) is 5.56 Å². The van der Waals surface area contributed by atoms with E-state index in [1.807, 2.05) is 30.3 Å². The number of hydrogen-bond donors (Lipinski definition) is 3. The number of hydrazone groups is 1. The average molecular weight is 254 g/mol. The van der Waals surface area contributed by atoms with Crippen molar-refractivity contribution >= 4 is 23.3 Å². The van der Waals surface area contributed by atoms with Crippen LogP contribution in [0.2, 0.25) is 0 Å². The van der Waals surface area contributed by atoms with Crippen LogP contribution in [0, 0.1) is 0 Å². The van der Waals surface area contributed by atoms with Gasteiger partial charge in [0.05, 0.1) is 12.5 Å². The Balaban J connectivity index is 1.81. The molecule has 0 spiro atoms. The monoisotopic (exact) mass is 254 g/mol. The average Bonchev–Trinajstić information content (AvgIpc) is 2.84. The molecule has 0 unspecified atom stereocenters. The molecule has 2 heterocycles. The van der Waals surface area contributed by atoms with Gasteiger partial charge in [-0.15, -0.1) is 0 Å². The molecule has 0 atom stereocenters. The lowest BCUT2D eigenvalue weighted by atomic mass is 10.2. The van der Waals surface area contributed by atoms with E-state index in [4.69, 9.17) is 0 Å². The number of rotatable bonds is 3. The van der Waals surface area contributed by atoms with Crippen LogP contribution in [0.15, 0.2) is 46.6 Å². The van der Waals surface area contributed by atoms with Gasteiger partial charge in [0.2, 0.25) is 5.95 Å². The first-order valence-corrected chi connectivity index (χ1v) is 5.60. The summed E-state index contributed by atoms with van der Waals surface area (Å²) in [6, 6.07) is 9.63. The molecule has 0 radical (unpaired) electrons. The van der Waals surface area contributed by atoms with E-state index in [0.717, 1.165) is 5.56 Å². The van der Waals surface area contributed by atoms with E-state index in [1.165, 1.54) is 6.33 Å². The second-order valence-corrected chi connectivity index (χ2v) is 3.80. The number of anilines is 1. The molecular weight excluding hydrogens is 244 g/mol. The van der Waals surface area contributed by atoms with Crippen LogP contribution in [-0.2, 0) is 0 Å². The normalized spacial score (nSPS) is 11.2. The minimum Gasteiger partial charge on any atom is -0.317 e. The molecule has 19 heavy (non-hydrogen) atoms. The van der Waals surface area contributed by atoms with Crippen molar-refractivity contribution in [2.75, 3.05) is 5.43 Å². The maximum atomic E-state index is 11.5. The smallest absolute Gasteiger partial charge is 0.276 e. The molecular formula is C12H10N6O. The van der Waals surface area contributed by atoms with Gasteiger partial charge in [-0.25, -0.2) is 10.4 Å². The summed E-state index contributed by atoms with van der Waals surface area (Å²) in [5.41, 5.74) is 4.08. The summed E-state index contributed by atoms with van der Waals surface area (Å²) < 4.78 is 0. The fraction of sp³-hybridized carbons (Fsp3) is 0. The van der Waals surface area contributed by atoms with E-state index in [0.29, 0.717) is 17.1 Å². The van der Waals surface area contributed by atoms with Gasteiger partial charge < -0.3 is 9.97 Å². The maximum Gasteiger partial charge on any atom is 0.276 e. The molecule has 0 fully saturated rings. The highest BCUT2D eigenvalue weighted by Gasteiger charge is 2.05.